The molecule has 4 aromatic rings. The molecule has 0 saturated heterocycles. The van der Waals surface area contributed by atoms with E-state index >= 15 is 0 Å². The molecule has 0 bridgehead atoms. The molecule has 0 atom stereocenters. The number of nitrogens with one attached hydrogen (secondary N) is 1. The molecule has 0 aliphatic heterocycles. The summed E-state index contributed by atoms with van der Waals surface area (Å²) in [5, 5.41) is 5.20. The number of rotatable bonds is 7. The summed E-state index contributed by atoms with van der Waals surface area (Å²) < 4.78 is 27.8. The molecule has 0 aliphatic carbocycles. The number of amides is 1. The number of benzene rings is 4. The summed E-state index contributed by atoms with van der Waals surface area (Å²) in [6, 6.07) is 28.3. The van der Waals surface area contributed by atoms with Crippen molar-refractivity contribution in [1.29, 1.82) is 0 Å². The van der Waals surface area contributed by atoms with E-state index in [0.29, 0.717) is 0 Å². The Bertz CT molecular complexity index is 1350. The van der Waals surface area contributed by atoms with Gasteiger partial charge in [0.05, 0.1) is 15.6 Å². The molecule has 0 heterocycles. The molecule has 7 heteroatoms. The molecule has 5 nitrogen and oxygen atoms in total. The number of anilines is 1. The van der Waals surface area contributed by atoms with Gasteiger partial charge < -0.3 is 5.32 Å². The third-order valence-electron chi connectivity index (χ3n) is 5.10. The number of hydrogen-bond acceptors (Lipinski definition) is 3. The van der Waals surface area contributed by atoms with Crippen LogP contribution in [0.2, 0.25) is 5.02 Å². The average Bonchev–Trinajstić information content (AvgIpc) is 2.82. The first-order valence-electron chi connectivity index (χ1n) is 10.0. The Morgan fingerprint density at radius 2 is 1.47 bits per heavy atom. The van der Waals surface area contributed by atoms with Crippen molar-refractivity contribution in [2.45, 2.75) is 11.4 Å². The second-order valence-electron chi connectivity index (χ2n) is 7.19. The number of carbonyl (C=O) groups is 1. The largest absolute Gasteiger partial charge is 0.350 e. The lowest BCUT2D eigenvalue weighted by Crippen LogP contribution is -2.40. The Labute approximate surface area is 192 Å². The zero-order valence-corrected chi connectivity index (χ0v) is 18.7. The summed E-state index contributed by atoms with van der Waals surface area (Å²) in [6.45, 7) is -0.117. The summed E-state index contributed by atoms with van der Waals surface area (Å²) in [4.78, 5) is 13.0. The maximum absolute atomic E-state index is 13.4. The molecule has 0 aromatic heterocycles. The van der Waals surface area contributed by atoms with E-state index in [-0.39, 0.29) is 22.2 Å². The normalized spacial score (nSPS) is 11.3. The predicted molar refractivity (Wildman–Crippen MR) is 128 cm³/mol. The minimum Gasteiger partial charge on any atom is -0.350 e. The zero-order chi connectivity index (χ0) is 22.6. The first-order valence-corrected chi connectivity index (χ1v) is 11.8. The third kappa shape index (κ3) is 4.61. The highest BCUT2D eigenvalue weighted by atomic mass is 35.5. The molecule has 162 valence electrons. The maximum atomic E-state index is 13.4. The number of sulfonamides is 1. The summed E-state index contributed by atoms with van der Waals surface area (Å²) in [6.07, 6.45) is 0. The lowest BCUT2D eigenvalue weighted by molar-refractivity contribution is -0.119. The molecule has 4 rings (SSSR count). The number of fused-ring (bicyclic) bond motifs is 1. The topological polar surface area (TPSA) is 66.5 Å². The molecule has 0 spiro atoms. The Hall–Kier alpha value is -3.35. The van der Waals surface area contributed by atoms with E-state index in [4.69, 9.17) is 11.6 Å². The van der Waals surface area contributed by atoms with Gasteiger partial charge in [0.2, 0.25) is 5.91 Å². The molecule has 4 aromatic carbocycles. The average molecular weight is 465 g/mol. The molecule has 1 amide bonds. The van der Waals surface area contributed by atoms with Crippen LogP contribution in [-0.2, 0) is 21.4 Å². The second-order valence-corrected chi connectivity index (χ2v) is 9.46. The van der Waals surface area contributed by atoms with Crippen molar-refractivity contribution in [2.75, 3.05) is 10.8 Å². The summed E-state index contributed by atoms with van der Waals surface area (Å²) in [5.41, 5.74) is 1.20. The molecule has 0 fully saturated rings. The lowest BCUT2D eigenvalue weighted by atomic mass is 10.0. The third-order valence-corrected chi connectivity index (χ3v) is 7.19. The Balaban J connectivity index is 1.60. The van der Waals surface area contributed by atoms with Crippen molar-refractivity contribution in [3.63, 3.8) is 0 Å². The Morgan fingerprint density at radius 3 is 2.25 bits per heavy atom. The van der Waals surface area contributed by atoms with Crippen LogP contribution in [0.3, 0.4) is 0 Å². The molecule has 0 aliphatic rings. The van der Waals surface area contributed by atoms with Gasteiger partial charge >= 0.3 is 0 Å². The van der Waals surface area contributed by atoms with Crippen LogP contribution in [0.5, 0.6) is 0 Å². The van der Waals surface area contributed by atoms with Crippen molar-refractivity contribution >= 4 is 44.0 Å². The van der Waals surface area contributed by atoms with Crippen molar-refractivity contribution in [3.8, 4) is 0 Å². The minimum absolute atomic E-state index is 0.0850. The van der Waals surface area contributed by atoms with Gasteiger partial charge in [-0.2, -0.15) is 0 Å². The predicted octanol–water partition coefficient (Wildman–Crippen LogP) is 5.00. The highest BCUT2D eigenvalue weighted by molar-refractivity contribution is 7.92. The van der Waals surface area contributed by atoms with Crippen LogP contribution in [0.4, 0.5) is 5.69 Å². The van der Waals surface area contributed by atoms with Gasteiger partial charge in [-0.1, -0.05) is 84.4 Å². The van der Waals surface area contributed by atoms with E-state index in [1.54, 1.807) is 42.5 Å². The molecular weight excluding hydrogens is 444 g/mol. The molecular formula is C25H21ClN2O3S. The molecule has 0 saturated carbocycles. The fraction of sp³-hybridized carbons (Fsp3) is 0.0800. The molecule has 32 heavy (non-hydrogen) atoms. The number of para-hydroxylation sites is 1. The van der Waals surface area contributed by atoms with E-state index < -0.39 is 22.5 Å². The highest BCUT2D eigenvalue weighted by Crippen LogP contribution is 2.30. The van der Waals surface area contributed by atoms with Crippen LogP contribution in [0, 0.1) is 0 Å². The van der Waals surface area contributed by atoms with Gasteiger partial charge in [0.15, 0.2) is 0 Å². The summed E-state index contributed by atoms with van der Waals surface area (Å²) in [7, 11) is -4.00. The quantitative estimate of drug-likeness (QED) is 0.418. The van der Waals surface area contributed by atoms with E-state index in [1.165, 1.54) is 12.1 Å². The first-order chi connectivity index (χ1) is 15.5. The number of hydrogen-bond donors (Lipinski definition) is 1. The molecule has 0 unspecified atom stereocenters. The standard InChI is InChI=1S/C25H21ClN2O3S/c26-23-15-6-7-16-24(23)28(32(30,31)21-12-2-1-3-13-21)18-25(29)27-17-20-11-8-10-19-9-4-5-14-22(19)20/h1-16H,17-18H2,(H,27,29). The SMILES string of the molecule is O=C(CN(c1ccccc1Cl)S(=O)(=O)c1ccccc1)NCc1cccc2ccccc12. The van der Waals surface area contributed by atoms with E-state index in [9.17, 15) is 13.2 Å². The fourth-order valence-corrected chi connectivity index (χ4v) is 5.25. The maximum Gasteiger partial charge on any atom is 0.264 e. The van der Waals surface area contributed by atoms with Gasteiger partial charge in [-0.3, -0.25) is 9.10 Å². The van der Waals surface area contributed by atoms with Gasteiger partial charge in [-0.25, -0.2) is 8.42 Å². The minimum atomic E-state index is -4.00. The van der Waals surface area contributed by atoms with E-state index in [1.807, 2.05) is 42.5 Å². The first kappa shape index (κ1) is 21.9. The Kier molecular flexibility index (Phi) is 6.44. The van der Waals surface area contributed by atoms with E-state index in [0.717, 1.165) is 20.6 Å². The highest BCUT2D eigenvalue weighted by Gasteiger charge is 2.28. The van der Waals surface area contributed by atoms with Crippen LogP contribution >= 0.6 is 11.6 Å². The van der Waals surface area contributed by atoms with Crippen LogP contribution in [0.1, 0.15) is 5.56 Å². The van der Waals surface area contributed by atoms with Crippen molar-refractivity contribution in [1.82, 2.24) is 5.32 Å². The van der Waals surface area contributed by atoms with Gasteiger partial charge in [0.25, 0.3) is 10.0 Å². The number of carbonyl (C=O) groups excluding carboxylic acids is 1. The van der Waals surface area contributed by atoms with Crippen LogP contribution in [0.15, 0.2) is 102 Å². The van der Waals surface area contributed by atoms with Gasteiger partial charge in [-0.15, -0.1) is 0 Å². The van der Waals surface area contributed by atoms with Crippen molar-refractivity contribution in [3.05, 3.63) is 108 Å². The van der Waals surface area contributed by atoms with Crippen LogP contribution in [-0.4, -0.2) is 20.9 Å². The monoisotopic (exact) mass is 464 g/mol. The van der Waals surface area contributed by atoms with Gasteiger partial charge in [0, 0.05) is 6.54 Å². The Morgan fingerprint density at radius 1 is 0.812 bits per heavy atom. The molecule has 1 N–H and O–H groups in total. The number of nitrogens with zero attached hydrogens (tertiary/aromatic N) is 1. The van der Waals surface area contributed by atoms with Crippen molar-refractivity contribution < 1.29 is 13.2 Å². The van der Waals surface area contributed by atoms with Crippen molar-refractivity contribution in [2.24, 2.45) is 0 Å². The summed E-state index contributed by atoms with van der Waals surface area (Å²) in [5.74, 6) is -0.433. The van der Waals surface area contributed by atoms with E-state index in [2.05, 4.69) is 5.32 Å². The van der Waals surface area contributed by atoms with Crippen LogP contribution in [0.25, 0.3) is 10.8 Å². The smallest absolute Gasteiger partial charge is 0.264 e. The lowest BCUT2D eigenvalue weighted by Gasteiger charge is -2.25. The zero-order valence-electron chi connectivity index (χ0n) is 17.1. The van der Waals surface area contributed by atoms with Gasteiger partial charge in [-0.05, 0) is 40.6 Å². The second kappa shape index (κ2) is 9.42. The van der Waals surface area contributed by atoms with Crippen LogP contribution < -0.4 is 9.62 Å². The summed E-state index contributed by atoms with van der Waals surface area (Å²) >= 11 is 6.30. The van der Waals surface area contributed by atoms with Gasteiger partial charge in [0.1, 0.15) is 6.54 Å². The molecule has 0 radical (unpaired) electrons. The number of halogens is 1. The fourth-order valence-electron chi connectivity index (χ4n) is 3.50.